The Kier molecular flexibility index (Phi) is 6.18. The van der Waals surface area contributed by atoms with Crippen LogP contribution in [-0.4, -0.2) is 14.8 Å². The summed E-state index contributed by atoms with van der Waals surface area (Å²) in [5.74, 6) is 0.609. The fourth-order valence-electron chi connectivity index (χ4n) is 4.14. The molecule has 0 aliphatic rings. The molecular weight excluding hydrogens is 487 g/mol. The molecule has 0 unspecified atom stereocenters. The molecule has 0 saturated heterocycles. The summed E-state index contributed by atoms with van der Waals surface area (Å²) in [6.07, 6.45) is -4.58. The maximum atomic E-state index is 14.1. The van der Waals surface area contributed by atoms with Gasteiger partial charge in [0.2, 0.25) is 0 Å². The summed E-state index contributed by atoms with van der Waals surface area (Å²) in [7, 11) is 0. The Hall–Kier alpha value is -3.84. The molecular formula is C28H21ClF3N3O. The molecule has 0 fully saturated rings. The van der Waals surface area contributed by atoms with Crippen LogP contribution < -0.4 is 4.74 Å². The number of aromatic nitrogens is 3. The van der Waals surface area contributed by atoms with Crippen LogP contribution in [0.15, 0.2) is 78.9 Å². The highest BCUT2D eigenvalue weighted by Crippen LogP contribution is 2.39. The van der Waals surface area contributed by atoms with Gasteiger partial charge in [-0.15, -0.1) is 0 Å². The monoisotopic (exact) mass is 507 g/mol. The normalized spacial score (nSPS) is 11.7. The van der Waals surface area contributed by atoms with E-state index >= 15 is 0 Å². The fourth-order valence-corrected chi connectivity index (χ4v) is 4.32. The number of nitrogens with zero attached hydrogens (tertiary/aromatic N) is 3. The van der Waals surface area contributed by atoms with Crippen molar-refractivity contribution >= 4 is 22.6 Å². The van der Waals surface area contributed by atoms with Gasteiger partial charge in [0.05, 0.1) is 28.0 Å². The topological polar surface area (TPSA) is 39.9 Å². The molecule has 2 heterocycles. The zero-order chi connectivity index (χ0) is 25.4. The van der Waals surface area contributed by atoms with Gasteiger partial charge >= 0.3 is 6.18 Å². The number of pyridine rings is 1. The summed E-state index contributed by atoms with van der Waals surface area (Å²) in [5, 5.41) is 4.77. The molecule has 0 aliphatic heterocycles. The van der Waals surface area contributed by atoms with Crippen LogP contribution in [-0.2, 0) is 12.8 Å². The van der Waals surface area contributed by atoms with E-state index in [4.69, 9.17) is 16.3 Å². The van der Waals surface area contributed by atoms with Crippen LogP contribution >= 0.6 is 11.6 Å². The SMILES string of the molecule is Cc1cccc(COc2ccc(-c3cc(C(F)(F)F)c4c(C)nn(-c5cccc(Cl)c5)c4n3)cc2)c1. The number of fused-ring (bicyclic) bond motifs is 1. The summed E-state index contributed by atoms with van der Waals surface area (Å²) in [6, 6.07) is 22.7. The molecule has 2 aromatic heterocycles. The van der Waals surface area contributed by atoms with E-state index in [1.807, 2.05) is 31.2 Å². The van der Waals surface area contributed by atoms with E-state index in [1.54, 1.807) is 55.5 Å². The van der Waals surface area contributed by atoms with Crippen LogP contribution in [0.25, 0.3) is 28.0 Å². The third-order valence-electron chi connectivity index (χ3n) is 5.81. The minimum absolute atomic E-state index is 0.0377. The van der Waals surface area contributed by atoms with Gasteiger partial charge in [-0.1, -0.05) is 47.5 Å². The Bertz CT molecular complexity index is 1560. The van der Waals surface area contributed by atoms with Crippen molar-refractivity contribution in [1.82, 2.24) is 14.8 Å². The van der Waals surface area contributed by atoms with E-state index in [-0.39, 0.29) is 22.4 Å². The van der Waals surface area contributed by atoms with E-state index in [0.29, 0.717) is 28.6 Å². The Morgan fingerprint density at radius 3 is 2.36 bits per heavy atom. The van der Waals surface area contributed by atoms with Crippen molar-refractivity contribution in [2.24, 2.45) is 0 Å². The first kappa shape index (κ1) is 23.9. The van der Waals surface area contributed by atoms with Gasteiger partial charge < -0.3 is 4.74 Å². The van der Waals surface area contributed by atoms with Gasteiger partial charge in [-0.05, 0) is 67.9 Å². The van der Waals surface area contributed by atoms with E-state index < -0.39 is 11.7 Å². The second-order valence-corrected chi connectivity index (χ2v) is 8.97. The van der Waals surface area contributed by atoms with E-state index in [9.17, 15) is 13.2 Å². The summed E-state index contributed by atoms with van der Waals surface area (Å²) >= 11 is 6.12. The highest BCUT2D eigenvalue weighted by Gasteiger charge is 2.35. The molecule has 5 rings (SSSR count). The first-order valence-corrected chi connectivity index (χ1v) is 11.6. The maximum absolute atomic E-state index is 14.1. The number of ether oxygens (including phenoxy) is 1. The zero-order valence-corrected chi connectivity index (χ0v) is 20.2. The first-order chi connectivity index (χ1) is 17.2. The van der Waals surface area contributed by atoms with Gasteiger partial charge in [-0.3, -0.25) is 0 Å². The third-order valence-corrected chi connectivity index (χ3v) is 6.04. The van der Waals surface area contributed by atoms with Crippen LogP contribution in [0.4, 0.5) is 13.2 Å². The predicted molar refractivity (Wildman–Crippen MR) is 135 cm³/mol. The molecule has 0 saturated carbocycles. The standard InChI is InChI=1S/C28H21ClF3N3O/c1-17-5-3-6-19(13-17)16-36-23-11-9-20(10-12-23)25-15-24(28(30,31)32)26-18(2)34-35(27(26)33-25)22-8-4-7-21(29)14-22/h3-15H,16H2,1-2H3. The van der Waals surface area contributed by atoms with Crippen LogP contribution in [0.5, 0.6) is 5.75 Å². The van der Waals surface area contributed by atoms with Gasteiger partial charge in [0, 0.05) is 10.6 Å². The van der Waals surface area contributed by atoms with Crippen LogP contribution in [0.1, 0.15) is 22.4 Å². The van der Waals surface area contributed by atoms with Crippen LogP contribution in [0.2, 0.25) is 5.02 Å². The fraction of sp³-hybridized carbons (Fsp3) is 0.143. The predicted octanol–water partition coefficient (Wildman–Crippen LogP) is 7.96. The molecule has 0 bridgehead atoms. The van der Waals surface area contributed by atoms with Gasteiger partial charge in [0.1, 0.15) is 12.4 Å². The molecule has 4 nitrogen and oxygen atoms in total. The Morgan fingerprint density at radius 1 is 0.917 bits per heavy atom. The smallest absolute Gasteiger partial charge is 0.417 e. The summed E-state index contributed by atoms with van der Waals surface area (Å²) < 4.78 is 49.6. The molecule has 0 spiro atoms. The first-order valence-electron chi connectivity index (χ1n) is 11.2. The van der Waals surface area contributed by atoms with Crippen LogP contribution in [0.3, 0.4) is 0 Å². The Balaban J connectivity index is 1.54. The van der Waals surface area contributed by atoms with Crippen molar-refractivity contribution in [3.05, 3.63) is 106 Å². The maximum Gasteiger partial charge on any atom is 0.417 e. The van der Waals surface area contributed by atoms with Crippen molar-refractivity contribution in [2.75, 3.05) is 0 Å². The average Bonchev–Trinajstić information content (AvgIpc) is 3.18. The average molecular weight is 508 g/mol. The highest BCUT2D eigenvalue weighted by atomic mass is 35.5. The lowest BCUT2D eigenvalue weighted by molar-refractivity contribution is -0.136. The second kappa shape index (κ2) is 9.32. The lowest BCUT2D eigenvalue weighted by Gasteiger charge is -2.12. The lowest BCUT2D eigenvalue weighted by atomic mass is 10.0. The Morgan fingerprint density at radius 2 is 1.67 bits per heavy atom. The van der Waals surface area contributed by atoms with Crippen molar-refractivity contribution in [2.45, 2.75) is 26.6 Å². The summed E-state index contributed by atoms with van der Waals surface area (Å²) in [4.78, 5) is 4.60. The minimum atomic E-state index is -4.58. The van der Waals surface area contributed by atoms with Crippen LogP contribution in [0, 0.1) is 13.8 Å². The number of halogens is 4. The lowest BCUT2D eigenvalue weighted by Crippen LogP contribution is -2.08. The number of hydrogen-bond donors (Lipinski definition) is 0. The second-order valence-electron chi connectivity index (χ2n) is 8.53. The van der Waals surface area contributed by atoms with E-state index in [1.165, 1.54) is 4.68 Å². The van der Waals surface area contributed by atoms with Crippen molar-refractivity contribution in [3.8, 4) is 22.7 Å². The van der Waals surface area contributed by atoms with Gasteiger partial charge in [-0.25, -0.2) is 9.67 Å². The van der Waals surface area contributed by atoms with Gasteiger partial charge in [0.15, 0.2) is 5.65 Å². The molecule has 5 aromatic rings. The molecule has 0 amide bonds. The molecule has 0 atom stereocenters. The van der Waals surface area contributed by atoms with Crippen molar-refractivity contribution < 1.29 is 17.9 Å². The minimum Gasteiger partial charge on any atom is -0.489 e. The molecule has 0 aliphatic carbocycles. The molecule has 0 radical (unpaired) electrons. The number of alkyl halides is 3. The number of rotatable bonds is 5. The van der Waals surface area contributed by atoms with Gasteiger partial charge in [-0.2, -0.15) is 18.3 Å². The molecule has 182 valence electrons. The van der Waals surface area contributed by atoms with E-state index in [2.05, 4.69) is 10.1 Å². The summed E-state index contributed by atoms with van der Waals surface area (Å²) in [5.41, 5.74) is 2.97. The number of aryl methyl sites for hydroxylation is 2. The number of benzene rings is 3. The largest absolute Gasteiger partial charge is 0.489 e. The van der Waals surface area contributed by atoms with Crippen molar-refractivity contribution in [3.63, 3.8) is 0 Å². The van der Waals surface area contributed by atoms with Gasteiger partial charge in [0.25, 0.3) is 0 Å². The molecule has 0 N–H and O–H groups in total. The van der Waals surface area contributed by atoms with Crippen molar-refractivity contribution in [1.29, 1.82) is 0 Å². The number of hydrogen-bond acceptors (Lipinski definition) is 3. The Labute approximate surface area is 210 Å². The van der Waals surface area contributed by atoms with E-state index in [0.717, 1.165) is 17.2 Å². The molecule has 3 aromatic carbocycles. The molecule has 36 heavy (non-hydrogen) atoms. The zero-order valence-electron chi connectivity index (χ0n) is 19.5. The quantitative estimate of drug-likeness (QED) is 0.242. The highest BCUT2D eigenvalue weighted by molar-refractivity contribution is 6.30. The molecule has 8 heteroatoms. The summed E-state index contributed by atoms with van der Waals surface area (Å²) in [6.45, 7) is 3.94. The third kappa shape index (κ3) is 4.79.